The van der Waals surface area contributed by atoms with Crippen LogP contribution in [0, 0.1) is 13.8 Å². The normalized spacial score (nSPS) is 23.0. The summed E-state index contributed by atoms with van der Waals surface area (Å²) in [5.74, 6) is 3.05. The third kappa shape index (κ3) is 3.40. The van der Waals surface area contributed by atoms with E-state index in [2.05, 4.69) is 16.8 Å². The summed E-state index contributed by atoms with van der Waals surface area (Å²) in [5, 5.41) is 0. The molecule has 2 fully saturated rings. The van der Waals surface area contributed by atoms with E-state index in [0.29, 0.717) is 11.9 Å². The van der Waals surface area contributed by atoms with Gasteiger partial charge in [0.25, 0.3) is 0 Å². The number of hydrogen-bond acceptors (Lipinski definition) is 6. The average molecular weight is 386 g/mol. The Morgan fingerprint density at radius 1 is 1.11 bits per heavy atom. The second kappa shape index (κ2) is 7.76. The minimum atomic E-state index is 0.614. The lowest BCUT2D eigenvalue weighted by Gasteiger charge is -2.25. The van der Waals surface area contributed by atoms with Crippen molar-refractivity contribution in [1.29, 1.82) is 0 Å². The number of methoxy groups -OCH3 is 2. The fourth-order valence-electron chi connectivity index (χ4n) is 4.75. The third-order valence-corrected chi connectivity index (χ3v) is 6.51. The summed E-state index contributed by atoms with van der Waals surface area (Å²) in [6.45, 7) is 7.06. The zero-order valence-corrected chi connectivity index (χ0v) is 17.6. The second-order valence-corrected chi connectivity index (χ2v) is 8.07. The molecule has 0 radical (unpaired) electrons. The van der Waals surface area contributed by atoms with Crippen molar-refractivity contribution in [3.8, 4) is 23.0 Å². The van der Waals surface area contributed by atoms with E-state index in [0.717, 1.165) is 59.8 Å². The molecule has 0 amide bonds. The Labute approximate surface area is 167 Å². The van der Waals surface area contributed by atoms with Crippen LogP contribution in [-0.4, -0.2) is 61.2 Å². The van der Waals surface area contributed by atoms with Gasteiger partial charge in [-0.15, -0.1) is 0 Å². The van der Waals surface area contributed by atoms with Gasteiger partial charge < -0.3 is 13.9 Å². The molecule has 2 aliphatic rings. The topological polar surface area (TPSA) is 51.0 Å². The highest BCUT2D eigenvalue weighted by molar-refractivity contribution is 5.68. The summed E-state index contributed by atoms with van der Waals surface area (Å²) >= 11 is 0. The van der Waals surface area contributed by atoms with E-state index in [1.54, 1.807) is 14.2 Å². The molecule has 28 heavy (non-hydrogen) atoms. The summed E-state index contributed by atoms with van der Waals surface area (Å²) in [5.41, 5.74) is 2.84. The Bertz CT molecular complexity index is 848. The predicted octanol–water partition coefficient (Wildman–Crippen LogP) is 3.64. The Balaban J connectivity index is 1.57. The number of fused-ring (bicyclic) bond motifs is 2. The van der Waals surface area contributed by atoms with Gasteiger partial charge in [-0.1, -0.05) is 0 Å². The van der Waals surface area contributed by atoms with Gasteiger partial charge in [-0.05, 0) is 52.3 Å². The van der Waals surface area contributed by atoms with Gasteiger partial charge in [0, 0.05) is 37.3 Å². The van der Waals surface area contributed by atoms with Gasteiger partial charge in [-0.2, -0.15) is 0 Å². The molecule has 2 atom stereocenters. The Kier molecular flexibility index (Phi) is 5.34. The van der Waals surface area contributed by atoms with Crippen LogP contribution in [0.3, 0.4) is 0 Å². The molecule has 6 heteroatoms. The molecule has 0 N–H and O–H groups in total. The van der Waals surface area contributed by atoms with Crippen LogP contribution in [0.5, 0.6) is 11.5 Å². The summed E-state index contributed by atoms with van der Waals surface area (Å²) in [6.07, 6.45) is 3.89. The van der Waals surface area contributed by atoms with E-state index in [-0.39, 0.29) is 0 Å². The monoisotopic (exact) mass is 385 g/mol. The highest BCUT2D eigenvalue weighted by Crippen LogP contribution is 2.38. The predicted molar refractivity (Wildman–Crippen MR) is 109 cm³/mol. The minimum absolute atomic E-state index is 0.614. The quantitative estimate of drug-likeness (QED) is 0.783. The number of aryl methyl sites for hydroxylation is 1. The second-order valence-electron chi connectivity index (χ2n) is 8.07. The highest BCUT2D eigenvalue weighted by Gasteiger charge is 2.35. The fraction of sp³-hybridized carbons (Fsp3) is 0.591. The molecule has 2 saturated heterocycles. The molecule has 1 aromatic carbocycles. The molecule has 0 spiro atoms. The van der Waals surface area contributed by atoms with Crippen molar-refractivity contribution >= 4 is 0 Å². The first-order valence-electron chi connectivity index (χ1n) is 10.1. The van der Waals surface area contributed by atoms with E-state index < -0.39 is 0 Å². The van der Waals surface area contributed by atoms with Crippen molar-refractivity contribution in [1.82, 2.24) is 14.8 Å². The van der Waals surface area contributed by atoms with E-state index >= 15 is 0 Å². The maximum Gasteiger partial charge on any atom is 0.230 e. The molecule has 152 valence electrons. The first kappa shape index (κ1) is 19.3. The molecule has 2 aromatic rings. The molecular weight excluding hydrogens is 354 g/mol. The number of likely N-dealkylation sites (N-methyl/N-ethyl adjacent to an activating group) is 1. The summed E-state index contributed by atoms with van der Waals surface area (Å²) in [4.78, 5) is 9.96. The molecule has 0 unspecified atom stereocenters. The smallest absolute Gasteiger partial charge is 0.230 e. The molecule has 2 aliphatic heterocycles. The van der Waals surface area contributed by atoms with Gasteiger partial charge in [0.15, 0.2) is 0 Å². The molecular formula is C22H31N3O3. The average Bonchev–Trinajstić information content (AvgIpc) is 3.16. The summed E-state index contributed by atoms with van der Waals surface area (Å²) in [6, 6.07) is 5.31. The standard InChI is InChI=1S/C22H31N3O3/c1-14-20(26-4)9-8-18(21(14)27-5)22-23-19(15(2)28-22)13-25-11-10-16-6-7-17(12-25)24(16)3/h8-9,16-17H,6-7,10-13H2,1-5H3/t16-,17+/m1/s1. The largest absolute Gasteiger partial charge is 0.496 e. The van der Waals surface area contributed by atoms with Gasteiger partial charge in [-0.25, -0.2) is 4.98 Å². The number of likely N-dealkylation sites (tertiary alicyclic amines) is 1. The van der Waals surface area contributed by atoms with Crippen LogP contribution in [-0.2, 0) is 6.54 Å². The minimum Gasteiger partial charge on any atom is -0.496 e. The Morgan fingerprint density at radius 2 is 1.89 bits per heavy atom. The van der Waals surface area contributed by atoms with Crippen LogP contribution in [0.15, 0.2) is 16.5 Å². The number of oxazole rings is 1. The van der Waals surface area contributed by atoms with Crippen LogP contribution in [0.4, 0.5) is 0 Å². The van der Waals surface area contributed by atoms with Gasteiger partial charge in [0.05, 0.1) is 25.5 Å². The Hall–Kier alpha value is -2.05. The zero-order valence-electron chi connectivity index (χ0n) is 17.6. The summed E-state index contributed by atoms with van der Waals surface area (Å²) < 4.78 is 17.1. The first-order chi connectivity index (χ1) is 13.5. The van der Waals surface area contributed by atoms with Crippen molar-refractivity contribution < 1.29 is 13.9 Å². The maximum absolute atomic E-state index is 6.06. The third-order valence-electron chi connectivity index (χ3n) is 6.51. The molecule has 0 saturated carbocycles. The lowest BCUT2D eigenvalue weighted by atomic mass is 10.1. The van der Waals surface area contributed by atoms with Crippen LogP contribution in [0.1, 0.15) is 36.3 Å². The SMILES string of the molecule is COc1ccc(-c2nc(CN3CC[C@H]4CC[C@@H](C3)N4C)c(C)o2)c(OC)c1C. The van der Waals surface area contributed by atoms with Crippen LogP contribution in [0.2, 0.25) is 0 Å². The lowest BCUT2D eigenvalue weighted by molar-refractivity contribution is 0.213. The number of rotatable bonds is 5. The van der Waals surface area contributed by atoms with Gasteiger partial charge in [0.2, 0.25) is 5.89 Å². The maximum atomic E-state index is 6.06. The van der Waals surface area contributed by atoms with E-state index in [1.165, 1.54) is 19.3 Å². The van der Waals surface area contributed by atoms with Crippen molar-refractivity contribution in [3.63, 3.8) is 0 Å². The van der Waals surface area contributed by atoms with E-state index in [1.807, 2.05) is 26.0 Å². The first-order valence-corrected chi connectivity index (χ1v) is 10.1. The van der Waals surface area contributed by atoms with E-state index in [9.17, 15) is 0 Å². The van der Waals surface area contributed by atoms with Crippen molar-refractivity contribution in [2.75, 3.05) is 34.4 Å². The van der Waals surface area contributed by atoms with Gasteiger partial charge >= 0.3 is 0 Å². The number of benzene rings is 1. The highest BCUT2D eigenvalue weighted by atomic mass is 16.5. The number of aromatic nitrogens is 1. The van der Waals surface area contributed by atoms with Crippen LogP contribution in [0.25, 0.3) is 11.5 Å². The van der Waals surface area contributed by atoms with Gasteiger partial charge in [0.1, 0.15) is 17.3 Å². The van der Waals surface area contributed by atoms with Crippen molar-refractivity contribution in [2.24, 2.45) is 0 Å². The number of nitrogens with zero attached hydrogens (tertiary/aromatic N) is 3. The molecule has 0 aliphatic carbocycles. The molecule has 3 heterocycles. The number of ether oxygens (including phenoxy) is 2. The number of hydrogen-bond donors (Lipinski definition) is 0. The Morgan fingerprint density at radius 3 is 2.64 bits per heavy atom. The zero-order chi connectivity index (χ0) is 19.8. The lowest BCUT2D eigenvalue weighted by Crippen LogP contribution is -2.36. The van der Waals surface area contributed by atoms with Crippen molar-refractivity contribution in [2.45, 2.75) is 51.7 Å². The van der Waals surface area contributed by atoms with Gasteiger partial charge in [-0.3, -0.25) is 9.80 Å². The van der Waals surface area contributed by atoms with Crippen LogP contribution >= 0.6 is 0 Å². The van der Waals surface area contributed by atoms with E-state index in [4.69, 9.17) is 18.9 Å². The molecule has 4 rings (SSSR count). The molecule has 6 nitrogen and oxygen atoms in total. The molecule has 1 aromatic heterocycles. The summed E-state index contributed by atoms with van der Waals surface area (Å²) in [7, 11) is 5.62. The van der Waals surface area contributed by atoms with Crippen LogP contribution < -0.4 is 9.47 Å². The molecule has 2 bridgehead atoms. The fourth-order valence-corrected chi connectivity index (χ4v) is 4.75. The van der Waals surface area contributed by atoms with Crippen molar-refractivity contribution in [3.05, 3.63) is 29.2 Å².